The van der Waals surface area contributed by atoms with Crippen molar-refractivity contribution in [1.82, 2.24) is 4.98 Å². The van der Waals surface area contributed by atoms with Crippen molar-refractivity contribution in [2.75, 3.05) is 18.5 Å². The lowest BCUT2D eigenvalue weighted by Crippen LogP contribution is -2.28. The first-order chi connectivity index (χ1) is 9.79. The van der Waals surface area contributed by atoms with Crippen molar-refractivity contribution < 1.29 is 13.2 Å². The maximum atomic E-state index is 12.8. The summed E-state index contributed by atoms with van der Waals surface area (Å²) in [5.41, 5.74) is 5.07. The molecular weight excluding hydrogens is 299 g/mol. The van der Waals surface area contributed by atoms with Gasteiger partial charge in [-0.3, -0.25) is 0 Å². The number of halogens is 3. The number of alkyl halides is 3. The van der Waals surface area contributed by atoms with Crippen molar-refractivity contribution in [3.8, 4) is 0 Å². The Kier molecular flexibility index (Phi) is 4.70. The van der Waals surface area contributed by atoms with Crippen LogP contribution in [0.15, 0.2) is 12.1 Å². The summed E-state index contributed by atoms with van der Waals surface area (Å²) in [5.74, 6) is 0.703. The van der Waals surface area contributed by atoms with Crippen LogP contribution in [0.5, 0.6) is 0 Å². The number of hydrogen-bond acceptors (Lipinski definition) is 3. The summed E-state index contributed by atoms with van der Waals surface area (Å²) < 4.78 is 38.5. The molecule has 2 N–H and O–H groups in total. The highest BCUT2D eigenvalue weighted by atomic mass is 32.1. The van der Waals surface area contributed by atoms with Crippen LogP contribution in [0.4, 0.5) is 19.0 Å². The zero-order valence-corrected chi connectivity index (χ0v) is 12.6. The highest BCUT2D eigenvalue weighted by molar-refractivity contribution is 7.80. The van der Waals surface area contributed by atoms with Crippen molar-refractivity contribution in [1.29, 1.82) is 0 Å². The molecule has 1 saturated carbocycles. The van der Waals surface area contributed by atoms with Crippen molar-refractivity contribution in [3.05, 3.63) is 23.4 Å². The molecule has 21 heavy (non-hydrogen) atoms. The molecule has 0 aromatic carbocycles. The summed E-state index contributed by atoms with van der Waals surface area (Å²) in [6, 6.07) is 2.22. The zero-order valence-electron chi connectivity index (χ0n) is 11.8. The molecule has 1 heterocycles. The molecule has 0 radical (unpaired) electrons. The minimum Gasteiger partial charge on any atom is -0.389 e. The van der Waals surface area contributed by atoms with E-state index < -0.39 is 11.9 Å². The molecule has 1 aliphatic rings. The van der Waals surface area contributed by atoms with E-state index in [0.29, 0.717) is 18.0 Å². The predicted molar refractivity (Wildman–Crippen MR) is 80.4 cm³/mol. The summed E-state index contributed by atoms with van der Waals surface area (Å²) in [6.45, 7) is 0.671. The molecule has 116 valence electrons. The van der Waals surface area contributed by atoms with E-state index in [1.165, 1.54) is 18.9 Å². The maximum Gasteiger partial charge on any atom is 0.433 e. The number of hydrogen-bond donors (Lipinski definition) is 1. The highest BCUT2D eigenvalue weighted by Gasteiger charge is 2.33. The van der Waals surface area contributed by atoms with E-state index in [9.17, 15) is 13.2 Å². The molecule has 0 saturated heterocycles. The lowest BCUT2D eigenvalue weighted by molar-refractivity contribution is -0.141. The predicted octanol–water partition coefficient (Wildman–Crippen LogP) is 3.36. The molecular formula is C14H18F3N3S. The third kappa shape index (κ3) is 3.84. The molecule has 3 nitrogen and oxygen atoms in total. The van der Waals surface area contributed by atoms with E-state index in [-0.39, 0.29) is 10.8 Å². The highest BCUT2D eigenvalue weighted by Crippen LogP contribution is 2.32. The fourth-order valence-corrected chi connectivity index (χ4v) is 2.92. The Morgan fingerprint density at radius 2 is 2.00 bits per heavy atom. The zero-order chi connectivity index (χ0) is 15.6. The number of rotatable bonds is 4. The Balaban J connectivity index is 2.31. The van der Waals surface area contributed by atoms with Crippen LogP contribution >= 0.6 is 12.2 Å². The second kappa shape index (κ2) is 6.17. The summed E-state index contributed by atoms with van der Waals surface area (Å²) in [4.78, 5) is 5.54. The van der Waals surface area contributed by atoms with Gasteiger partial charge in [0.15, 0.2) is 0 Å². The van der Waals surface area contributed by atoms with Crippen molar-refractivity contribution in [2.24, 2.45) is 11.7 Å². The Morgan fingerprint density at radius 1 is 1.38 bits per heavy atom. The number of aromatic nitrogens is 1. The molecule has 0 atom stereocenters. The van der Waals surface area contributed by atoms with Gasteiger partial charge in [-0.2, -0.15) is 13.2 Å². The number of pyridine rings is 1. The van der Waals surface area contributed by atoms with Gasteiger partial charge in [0.2, 0.25) is 0 Å². The average molecular weight is 317 g/mol. The van der Waals surface area contributed by atoms with E-state index in [4.69, 9.17) is 18.0 Å². The Labute approximate surface area is 127 Å². The van der Waals surface area contributed by atoms with Crippen LogP contribution in [0.25, 0.3) is 0 Å². The minimum absolute atomic E-state index is 0.0597. The minimum atomic E-state index is -4.47. The van der Waals surface area contributed by atoms with Gasteiger partial charge in [0.1, 0.15) is 16.5 Å². The second-order valence-electron chi connectivity index (χ2n) is 5.46. The van der Waals surface area contributed by atoms with Gasteiger partial charge >= 0.3 is 6.18 Å². The molecule has 0 aliphatic heterocycles. The third-order valence-electron chi connectivity index (χ3n) is 3.80. The van der Waals surface area contributed by atoms with Gasteiger partial charge in [-0.05, 0) is 30.9 Å². The summed E-state index contributed by atoms with van der Waals surface area (Å²) >= 11 is 4.92. The Bertz CT molecular complexity index is 525. The lowest BCUT2D eigenvalue weighted by atomic mass is 10.1. The summed E-state index contributed by atoms with van der Waals surface area (Å²) in [7, 11) is 1.74. The quantitative estimate of drug-likeness (QED) is 0.865. The second-order valence-corrected chi connectivity index (χ2v) is 5.90. The maximum absolute atomic E-state index is 12.8. The molecule has 2 rings (SSSR count). The normalized spacial score (nSPS) is 16.2. The first-order valence-corrected chi connectivity index (χ1v) is 7.29. The molecule has 1 fully saturated rings. The topological polar surface area (TPSA) is 42.2 Å². The van der Waals surface area contributed by atoms with Crippen LogP contribution in [-0.2, 0) is 6.18 Å². The summed E-state index contributed by atoms with van der Waals surface area (Å²) in [5, 5.41) is 0. The van der Waals surface area contributed by atoms with Crippen molar-refractivity contribution in [2.45, 2.75) is 31.9 Å². The summed E-state index contributed by atoms with van der Waals surface area (Å²) in [6.07, 6.45) is 0.0858. The third-order valence-corrected chi connectivity index (χ3v) is 4.02. The van der Waals surface area contributed by atoms with Crippen molar-refractivity contribution >= 4 is 23.0 Å². The number of anilines is 1. The van der Waals surface area contributed by atoms with Gasteiger partial charge in [0, 0.05) is 13.6 Å². The molecule has 0 unspecified atom stereocenters. The molecule has 0 bridgehead atoms. The smallest absolute Gasteiger partial charge is 0.389 e. The van der Waals surface area contributed by atoms with E-state index in [0.717, 1.165) is 18.9 Å². The van der Waals surface area contributed by atoms with E-state index in [1.54, 1.807) is 11.9 Å². The molecule has 0 amide bonds. The van der Waals surface area contributed by atoms with Gasteiger partial charge in [0.25, 0.3) is 0 Å². The van der Waals surface area contributed by atoms with Crippen molar-refractivity contribution in [3.63, 3.8) is 0 Å². The Hall–Kier alpha value is -1.37. The number of nitrogens with two attached hydrogens (primary N) is 1. The Morgan fingerprint density at radius 3 is 2.52 bits per heavy atom. The molecule has 0 spiro atoms. The lowest BCUT2D eigenvalue weighted by Gasteiger charge is -2.25. The molecule has 1 aliphatic carbocycles. The van der Waals surface area contributed by atoms with Crippen LogP contribution in [0.1, 0.15) is 36.9 Å². The van der Waals surface area contributed by atoms with Gasteiger partial charge in [-0.15, -0.1) is 0 Å². The number of nitrogens with zero attached hydrogens (tertiary/aromatic N) is 2. The first kappa shape index (κ1) is 16.0. The van der Waals surface area contributed by atoms with Crippen LogP contribution in [0.3, 0.4) is 0 Å². The van der Waals surface area contributed by atoms with Crippen LogP contribution in [0.2, 0.25) is 0 Å². The first-order valence-electron chi connectivity index (χ1n) is 6.88. The van der Waals surface area contributed by atoms with Gasteiger partial charge in [0.05, 0.1) is 5.56 Å². The molecule has 1 aromatic rings. The van der Waals surface area contributed by atoms with E-state index in [2.05, 4.69) is 4.98 Å². The van der Waals surface area contributed by atoms with Gasteiger partial charge in [-0.25, -0.2) is 4.98 Å². The molecule has 7 heteroatoms. The van der Waals surface area contributed by atoms with Gasteiger partial charge < -0.3 is 10.6 Å². The van der Waals surface area contributed by atoms with Gasteiger partial charge in [-0.1, -0.05) is 25.1 Å². The monoisotopic (exact) mass is 317 g/mol. The standard InChI is InChI=1S/C14H18F3N3S/c1-20(8-9-4-2-3-5-9)13-10(12(18)21)6-7-11(19-13)14(15,16)17/h6-7,9H,2-5,8H2,1H3,(H2,18,21). The van der Waals surface area contributed by atoms with Crippen LogP contribution in [-0.4, -0.2) is 23.6 Å². The molecule has 1 aromatic heterocycles. The fraction of sp³-hybridized carbons (Fsp3) is 0.571. The van der Waals surface area contributed by atoms with Crippen LogP contribution in [0, 0.1) is 5.92 Å². The number of thiocarbonyl (C=S) groups is 1. The van der Waals surface area contributed by atoms with Crippen LogP contribution < -0.4 is 10.6 Å². The fourth-order valence-electron chi connectivity index (χ4n) is 2.76. The average Bonchev–Trinajstić information content (AvgIpc) is 2.89. The van der Waals surface area contributed by atoms with E-state index >= 15 is 0 Å². The van der Waals surface area contributed by atoms with E-state index in [1.807, 2.05) is 0 Å². The largest absolute Gasteiger partial charge is 0.433 e. The SMILES string of the molecule is CN(CC1CCCC1)c1nc(C(F)(F)F)ccc1C(N)=S.